The molecule has 1 aliphatic rings. The highest BCUT2D eigenvalue weighted by Crippen LogP contribution is 2.19. The molecule has 2 rings (SSSR count). The van der Waals surface area contributed by atoms with E-state index in [4.69, 9.17) is 4.42 Å². The Kier molecular flexibility index (Phi) is 1.38. The molecule has 0 saturated carbocycles. The number of hydrogen-bond donors (Lipinski definition) is 0. The third kappa shape index (κ3) is 0.897. The van der Waals surface area contributed by atoms with Crippen LogP contribution in [0.1, 0.15) is 12.8 Å². The third-order valence-electron chi connectivity index (χ3n) is 1.88. The van der Waals surface area contributed by atoms with Crippen molar-refractivity contribution in [1.82, 2.24) is 0 Å². The fourth-order valence-electron chi connectivity index (χ4n) is 1.34. The van der Waals surface area contributed by atoms with Gasteiger partial charge in [0.1, 0.15) is 0 Å². The second-order valence-corrected chi connectivity index (χ2v) is 2.59. The predicted octanol–water partition coefficient (Wildman–Crippen LogP) is 1.68. The van der Waals surface area contributed by atoms with Crippen LogP contribution in [0.25, 0.3) is 0 Å². The van der Waals surface area contributed by atoms with E-state index in [9.17, 15) is 0 Å². The summed E-state index contributed by atoms with van der Waals surface area (Å²) in [6.45, 7) is 2.28. The molecule has 2 heterocycles. The van der Waals surface area contributed by atoms with Crippen molar-refractivity contribution in [1.29, 1.82) is 0 Å². The molecule has 2 heteroatoms. The first-order valence-corrected chi connectivity index (χ1v) is 3.67. The second kappa shape index (κ2) is 2.37. The van der Waals surface area contributed by atoms with Gasteiger partial charge in [-0.3, -0.25) is 0 Å². The SMILES string of the molecule is [c]1ccc(N2CCCC2)o1. The first-order chi connectivity index (χ1) is 4.97. The van der Waals surface area contributed by atoms with Gasteiger partial charge in [-0.25, -0.2) is 0 Å². The van der Waals surface area contributed by atoms with E-state index in [1.54, 1.807) is 0 Å². The van der Waals surface area contributed by atoms with Crippen molar-refractivity contribution in [3.8, 4) is 0 Å². The minimum Gasteiger partial charge on any atom is -0.437 e. The lowest BCUT2D eigenvalue weighted by Crippen LogP contribution is -2.16. The molecule has 0 amide bonds. The Morgan fingerprint density at radius 2 is 2.20 bits per heavy atom. The van der Waals surface area contributed by atoms with Gasteiger partial charge < -0.3 is 9.32 Å². The van der Waals surface area contributed by atoms with Crippen LogP contribution < -0.4 is 4.90 Å². The van der Waals surface area contributed by atoms with Crippen molar-refractivity contribution in [2.75, 3.05) is 18.0 Å². The third-order valence-corrected chi connectivity index (χ3v) is 1.88. The monoisotopic (exact) mass is 136 g/mol. The average molecular weight is 136 g/mol. The largest absolute Gasteiger partial charge is 0.437 e. The van der Waals surface area contributed by atoms with Crippen molar-refractivity contribution < 1.29 is 4.42 Å². The van der Waals surface area contributed by atoms with Crippen molar-refractivity contribution >= 4 is 5.88 Å². The van der Waals surface area contributed by atoms with Crippen LogP contribution in [0.3, 0.4) is 0 Å². The highest BCUT2D eigenvalue weighted by Gasteiger charge is 2.13. The molecule has 0 aromatic carbocycles. The number of nitrogens with zero attached hydrogens (tertiary/aromatic N) is 1. The zero-order valence-corrected chi connectivity index (χ0v) is 5.84. The van der Waals surface area contributed by atoms with Gasteiger partial charge >= 0.3 is 0 Å². The van der Waals surface area contributed by atoms with E-state index in [2.05, 4.69) is 11.2 Å². The van der Waals surface area contributed by atoms with Crippen LogP contribution in [-0.2, 0) is 0 Å². The van der Waals surface area contributed by atoms with Gasteiger partial charge in [0.25, 0.3) is 0 Å². The van der Waals surface area contributed by atoms with Crippen LogP contribution in [0.5, 0.6) is 0 Å². The Balaban J connectivity index is 2.12. The first kappa shape index (κ1) is 5.83. The molecule has 0 spiro atoms. The molecule has 0 unspecified atom stereocenters. The van der Waals surface area contributed by atoms with Gasteiger partial charge in [-0.15, -0.1) is 0 Å². The lowest BCUT2D eigenvalue weighted by atomic mass is 10.4. The molecule has 1 aromatic rings. The van der Waals surface area contributed by atoms with Gasteiger partial charge in [0.2, 0.25) is 0 Å². The van der Waals surface area contributed by atoms with E-state index in [1.165, 1.54) is 12.8 Å². The molecular weight excluding hydrogens is 126 g/mol. The minimum absolute atomic E-state index is 0.970. The maximum atomic E-state index is 5.12. The molecule has 1 aromatic heterocycles. The Morgan fingerprint density at radius 1 is 1.40 bits per heavy atom. The average Bonchev–Trinajstić information content (AvgIpc) is 2.59. The molecule has 53 valence electrons. The molecule has 0 atom stereocenters. The molecule has 1 radical (unpaired) electrons. The topological polar surface area (TPSA) is 16.4 Å². The molecule has 2 nitrogen and oxygen atoms in total. The van der Waals surface area contributed by atoms with Gasteiger partial charge in [0.05, 0.1) is 0 Å². The smallest absolute Gasteiger partial charge is 0.196 e. The van der Waals surface area contributed by atoms with Crippen LogP contribution in [0.4, 0.5) is 5.88 Å². The van der Waals surface area contributed by atoms with Crippen molar-refractivity contribution in [2.24, 2.45) is 0 Å². The zero-order chi connectivity index (χ0) is 6.81. The summed E-state index contributed by atoms with van der Waals surface area (Å²) >= 11 is 0. The zero-order valence-electron chi connectivity index (χ0n) is 5.84. The number of anilines is 1. The molecule has 1 fully saturated rings. The Morgan fingerprint density at radius 3 is 2.80 bits per heavy atom. The van der Waals surface area contributed by atoms with Crippen LogP contribution in [-0.4, -0.2) is 13.1 Å². The number of rotatable bonds is 1. The van der Waals surface area contributed by atoms with E-state index in [1.807, 2.05) is 12.1 Å². The van der Waals surface area contributed by atoms with E-state index in [-0.39, 0.29) is 0 Å². The van der Waals surface area contributed by atoms with Gasteiger partial charge in [-0.05, 0) is 18.9 Å². The van der Waals surface area contributed by atoms with Crippen molar-refractivity contribution in [2.45, 2.75) is 12.8 Å². The summed E-state index contributed by atoms with van der Waals surface area (Å²) in [5.74, 6) is 0.970. The summed E-state index contributed by atoms with van der Waals surface area (Å²) < 4.78 is 5.12. The summed E-state index contributed by atoms with van der Waals surface area (Å²) in [4.78, 5) is 2.25. The summed E-state index contributed by atoms with van der Waals surface area (Å²) in [5.41, 5.74) is 0. The van der Waals surface area contributed by atoms with E-state index >= 15 is 0 Å². The fourth-order valence-corrected chi connectivity index (χ4v) is 1.34. The maximum absolute atomic E-state index is 5.12. The Hall–Kier alpha value is -0.920. The highest BCUT2D eigenvalue weighted by atomic mass is 16.3. The Bertz CT molecular complexity index is 187. The van der Waals surface area contributed by atoms with Gasteiger partial charge in [-0.2, -0.15) is 0 Å². The lowest BCUT2D eigenvalue weighted by Gasteiger charge is -2.11. The molecule has 0 N–H and O–H groups in total. The fraction of sp³-hybridized carbons (Fsp3) is 0.500. The molecule has 10 heavy (non-hydrogen) atoms. The van der Waals surface area contributed by atoms with E-state index in [0.717, 1.165) is 19.0 Å². The van der Waals surface area contributed by atoms with E-state index < -0.39 is 0 Å². The molecular formula is C8H10NO. The quantitative estimate of drug-likeness (QED) is 0.584. The Labute approximate surface area is 60.4 Å². The molecule has 0 bridgehead atoms. The summed E-state index contributed by atoms with van der Waals surface area (Å²) in [5, 5.41) is 0. The highest BCUT2D eigenvalue weighted by molar-refractivity contribution is 5.35. The summed E-state index contributed by atoms with van der Waals surface area (Å²) in [7, 11) is 0. The molecule has 0 aliphatic carbocycles. The standard InChI is InChI=1S/C8H10NO/c1-2-6-9(5-1)8-4-3-7-10-8/h3-4H,1-2,5-6H2. The normalized spacial score (nSPS) is 18.2. The molecule has 1 saturated heterocycles. The second-order valence-electron chi connectivity index (χ2n) is 2.59. The van der Waals surface area contributed by atoms with Gasteiger partial charge in [-0.1, -0.05) is 0 Å². The van der Waals surface area contributed by atoms with Crippen LogP contribution in [0.15, 0.2) is 16.5 Å². The maximum Gasteiger partial charge on any atom is 0.196 e. The van der Waals surface area contributed by atoms with Gasteiger partial charge in [0, 0.05) is 19.2 Å². The first-order valence-electron chi connectivity index (χ1n) is 3.67. The number of hydrogen-bond acceptors (Lipinski definition) is 2. The predicted molar refractivity (Wildman–Crippen MR) is 39.0 cm³/mol. The van der Waals surface area contributed by atoms with Crippen molar-refractivity contribution in [3.63, 3.8) is 0 Å². The van der Waals surface area contributed by atoms with Crippen LogP contribution in [0, 0.1) is 6.26 Å². The number of furan rings is 1. The van der Waals surface area contributed by atoms with Crippen LogP contribution >= 0.6 is 0 Å². The van der Waals surface area contributed by atoms with Crippen molar-refractivity contribution in [3.05, 3.63) is 18.4 Å². The minimum atomic E-state index is 0.970. The summed E-state index contributed by atoms with van der Waals surface area (Å²) in [6, 6.07) is 3.78. The van der Waals surface area contributed by atoms with Crippen LogP contribution in [0.2, 0.25) is 0 Å². The molecule has 1 aliphatic heterocycles. The summed E-state index contributed by atoms with van der Waals surface area (Å²) in [6.07, 6.45) is 5.27. The van der Waals surface area contributed by atoms with Gasteiger partial charge in [0.15, 0.2) is 12.1 Å². The lowest BCUT2D eigenvalue weighted by molar-refractivity contribution is 0.548. The van der Waals surface area contributed by atoms with E-state index in [0.29, 0.717) is 0 Å².